The fourth-order valence-corrected chi connectivity index (χ4v) is 2.13. The van der Waals surface area contributed by atoms with Gasteiger partial charge in [-0.1, -0.05) is 48.9 Å². The molecule has 106 valence electrons. The fourth-order valence-electron chi connectivity index (χ4n) is 1.88. The Hall–Kier alpha value is -1.58. The Kier molecular flexibility index (Phi) is 5.39. The number of rotatable bonds is 6. The van der Waals surface area contributed by atoms with Crippen LogP contribution in [0.25, 0.3) is 0 Å². The van der Waals surface area contributed by atoms with Crippen molar-refractivity contribution in [1.82, 2.24) is 5.32 Å². The Labute approximate surface area is 123 Å². The molecule has 2 nitrogen and oxygen atoms in total. The monoisotopic (exact) mass is 293 g/mol. The van der Waals surface area contributed by atoms with Gasteiger partial charge in [0.15, 0.2) is 0 Å². The van der Waals surface area contributed by atoms with Gasteiger partial charge in [0.25, 0.3) is 0 Å². The highest BCUT2D eigenvalue weighted by Crippen LogP contribution is 2.29. The van der Waals surface area contributed by atoms with Crippen LogP contribution < -0.4 is 10.1 Å². The van der Waals surface area contributed by atoms with Crippen LogP contribution in [0, 0.1) is 5.82 Å². The van der Waals surface area contributed by atoms with Crippen molar-refractivity contribution in [2.24, 2.45) is 0 Å². The van der Waals surface area contributed by atoms with Crippen molar-refractivity contribution >= 4 is 11.6 Å². The number of hydrogen-bond acceptors (Lipinski definition) is 2. The van der Waals surface area contributed by atoms with E-state index in [1.165, 1.54) is 6.07 Å². The Morgan fingerprint density at radius 2 is 1.85 bits per heavy atom. The van der Waals surface area contributed by atoms with E-state index >= 15 is 0 Å². The van der Waals surface area contributed by atoms with Crippen LogP contribution in [0.15, 0.2) is 42.5 Å². The largest absolute Gasteiger partial charge is 0.487 e. The molecule has 2 aromatic rings. The van der Waals surface area contributed by atoms with Crippen LogP contribution in [0.3, 0.4) is 0 Å². The molecule has 0 spiro atoms. The van der Waals surface area contributed by atoms with Gasteiger partial charge in [-0.05, 0) is 18.7 Å². The van der Waals surface area contributed by atoms with Crippen molar-refractivity contribution in [3.8, 4) is 5.75 Å². The van der Waals surface area contributed by atoms with Crippen LogP contribution in [0.1, 0.15) is 18.1 Å². The molecule has 0 aromatic heterocycles. The standard InChI is InChI=1S/C16H17ClFNO/c1-2-19-10-12-7-5-8-14(17)16(12)20-11-13-6-3-4-9-15(13)18/h3-9,19H,2,10-11H2,1H3. The van der Waals surface area contributed by atoms with Gasteiger partial charge in [0.1, 0.15) is 18.2 Å². The summed E-state index contributed by atoms with van der Waals surface area (Å²) < 4.78 is 19.3. The average molecular weight is 294 g/mol. The maximum atomic E-state index is 13.6. The molecule has 0 bridgehead atoms. The molecule has 0 saturated heterocycles. The molecule has 0 fully saturated rings. The molecule has 0 unspecified atom stereocenters. The van der Waals surface area contributed by atoms with Crippen molar-refractivity contribution in [1.29, 1.82) is 0 Å². The van der Waals surface area contributed by atoms with Gasteiger partial charge in [0, 0.05) is 17.7 Å². The predicted molar refractivity (Wildman–Crippen MR) is 79.6 cm³/mol. The highest BCUT2D eigenvalue weighted by Gasteiger charge is 2.09. The molecule has 0 aliphatic carbocycles. The normalized spacial score (nSPS) is 10.6. The molecule has 2 rings (SSSR count). The summed E-state index contributed by atoms with van der Waals surface area (Å²) in [5.41, 5.74) is 1.48. The summed E-state index contributed by atoms with van der Waals surface area (Å²) in [6.45, 7) is 3.73. The molecule has 0 atom stereocenters. The molecule has 0 aliphatic rings. The Morgan fingerprint density at radius 3 is 2.60 bits per heavy atom. The minimum atomic E-state index is -0.271. The van der Waals surface area contributed by atoms with Gasteiger partial charge in [-0.3, -0.25) is 0 Å². The second-order valence-corrected chi connectivity index (χ2v) is 4.80. The third-order valence-electron chi connectivity index (χ3n) is 2.94. The lowest BCUT2D eigenvalue weighted by Crippen LogP contribution is -2.13. The summed E-state index contributed by atoms with van der Waals surface area (Å²) in [6.07, 6.45) is 0. The quantitative estimate of drug-likeness (QED) is 0.863. The minimum absolute atomic E-state index is 0.162. The first kappa shape index (κ1) is 14.8. The van der Waals surface area contributed by atoms with Gasteiger partial charge in [-0.25, -0.2) is 4.39 Å². The van der Waals surface area contributed by atoms with Crippen molar-refractivity contribution in [3.63, 3.8) is 0 Å². The van der Waals surface area contributed by atoms with Crippen LogP contribution >= 0.6 is 11.6 Å². The second kappa shape index (κ2) is 7.27. The molecule has 0 heterocycles. The Balaban J connectivity index is 2.14. The minimum Gasteiger partial charge on any atom is -0.487 e. The smallest absolute Gasteiger partial charge is 0.142 e. The number of hydrogen-bond donors (Lipinski definition) is 1. The zero-order valence-corrected chi connectivity index (χ0v) is 12.1. The highest BCUT2D eigenvalue weighted by atomic mass is 35.5. The lowest BCUT2D eigenvalue weighted by atomic mass is 10.2. The van der Waals surface area contributed by atoms with Crippen molar-refractivity contribution in [2.45, 2.75) is 20.1 Å². The van der Waals surface area contributed by atoms with E-state index in [1.807, 2.05) is 19.1 Å². The van der Waals surface area contributed by atoms with E-state index in [0.717, 1.165) is 12.1 Å². The first-order chi connectivity index (χ1) is 9.72. The number of ether oxygens (including phenoxy) is 1. The van der Waals surface area contributed by atoms with Gasteiger partial charge in [0.2, 0.25) is 0 Å². The molecule has 2 aromatic carbocycles. The molecule has 0 radical (unpaired) electrons. The van der Waals surface area contributed by atoms with Crippen LogP contribution in [0.2, 0.25) is 5.02 Å². The summed E-state index contributed by atoms with van der Waals surface area (Å²) >= 11 is 6.17. The van der Waals surface area contributed by atoms with Crippen molar-refractivity contribution in [2.75, 3.05) is 6.54 Å². The fraction of sp³-hybridized carbons (Fsp3) is 0.250. The van der Waals surface area contributed by atoms with E-state index < -0.39 is 0 Å². The van der Waals surface area contributed by atoms with Gasteiger partial charge in [0.05, 0.1) is 5.02 Å². The summed E-state index contributed by atoms with van der Waals surface area (Å²) in [7, 11) is 0. The lowest BCUT2D eigenvalue weighted by Gasteiger charge is -2.13. The molecule has 1 N–H and O–H groups in total. The first-order valence-electron chi connectivity index (χ1n) is 6.56. The van der Waals surface area contributed by atoms with Crippen molar-refractivity contribution < 1.29 is 9.13 Å². The zero-order chi connectivity index (χ0) is 14.4. The van der Waals surface area contributed by atoms with E-state index in [-0.39, 0.29) is 12.4 Å². The third-order valence-corrected chi connectivity index (χ3v) is 3.24. The highest BCUT2D eigenvalue weighted by molar-refractivity contribution is 6.32. The van der Waals surface area contributed by atoms with Crippen LogP contribution in [0.4, 0.5) is 4.39 Å². The summed E-state index contributed by atoms with van der Waals surface area (Å²) in [5, 5.41) is 3.77. The van der Waals surface area contributed by atoms with Gasteiger partial charge in [-0.15, -0.1) is 0 Å². The number of halogens is 2. The Bertz CT molecular complexity index is 574. The van der Waals surface area contributed by atoms with Gasteiger partial charge >= 0.3 is 0 Å². The second-order valence-electron chi connectivity index (χ2n) is 4.39. The number of nitrogens with one attached hydrogen (secondary N) is 1. The summed E-state index contributed by atoms with van der Waals surface area (Å²) in [5.74, 6) is 0.339. The molecule has 4 heteroatoms. The number of para-hydroxylation sites is 1. The predicted octanol–water partition coefficient (Wildman–Crippen LogP) is 4.17. The Morgan fingerprint density at radius 1 is 1.10 bits per heavy atom. The first-order valence-corrected chi connectivity index (χ1v) is 6.94. The summed E-state index contributed by atoms with van der Waals surface area (Å²) in [4.78, 5) is 0. The topological polar surface area (TPSA) is 21.3 Å². The van der Waals surface area contributed by atoms with E-state index in [9.17, 15) is 4.39 Å². The van der Waals surface area contributed by atoms with Crippen molar-refractivity contribution in [3.05, 3.63) is 64.4 Å². The lowest BCUT2D eigenvalue weighted by molar-refractivity contribution is 0.296. The molecular weight excluding hydrogens is 277 g/mol. The molecule has 20 heavy (non-hydrogen) atoms. The van der Waals surface area contributed by atoms with Crippen LogP contribution in [0.5, 0.6) is 5.75 Å². The summed E-state index contributed by atoms with van der Waals surface area (Å²) in [6, 6.07) is 12.2. The van der Waals surface area contributed by atoms with E-state index in [1.54, 1.807) is 24.3 Å². The van der Waals surface area contributed by atoms with Gasteiger partial charge < -0.3 is 10.1 Å². The maximum Gasteiger partial charge on any atom is 0.142 e. The molecule has 0 aliphatic heterocycles. The van der Waals surface area contributed by atoms with Crippen LogP contribution in [-0.2, 0) is 13.2 Å². The maximum absolute atomic E-state index is 13.6. The molecular formula is C16H17ClFNO. The third kappa shape index (κ3) is 3.71. The van der Waals surface area contributed by atoms with E-state index in [0.29, 0.717) is 22.9 Å². The van der Waals surface area contributed by atoms with E-state index in [2.05, 4.69) is 5.32 Å². The molecule has 0 amide bonds. The average Bonchev–Trinajstić information content (AvgIpc) is 2.45. The molecule has 0 saturated carbocycles. The zero-order valence-electron chi connectivity index (χ0n) is 11.3. The van der Waals surface area contributed by atoms with Gasteiger partial charge in [-0.2, -0.15) is 0 Å². The SMILES string of the molecule is CCNCc1cccc(Cl)c1OCc1ccccc1F. The van der Waals surface area contributed by atoms with Crippen LogP contribution in [-0.4, -0.2) is 6.54 Å². The number of benzene rings is 2. The van der Waals surface area contributed by atoms with E-state index in [4.69, 9.17) is 16.3 Å².